The number of aromatic nitrogens is 2. The number of rotatable bonds is 0. The Bertz CT molecular complexity index is 559. The number of benzene rings is 1. The summed E-state index contributed by atoms with van der Waals surface area (Å²) in [5.74, 6) is -0.462. The molecule has 1 N–H and O–H groups in total. The molecule has 0 atom stereocenters. The predicted molar refractivity (Wildman–Crippen MR) is 53.6 cm³/mol. The molecule has 0 aliphatic rings. The van der Waals surface area contributed by atoms with Crippen LogP contribution >= 0.6 is 23.2 Å². The number of halogens is 2. The summed E-state index contributed by atoms with van der Waals surface area (Å²) < 4.78 is 0.721. The zero-order valence-corrected chi connectivity index (χ0v) is 8.66. The molecule has 1 aromatic heterocycles. The maximum atomic E-state index is 11.3. The Morgan fingerprint density at radius 3 is 2.13 bits per heavy atom. The van der Waals surface area contributed by atoms with Gasteiger partial charge in [0.15, 0.2) is 0 Å². The molecule has 0 aliphatic heterocycles. The first-order valence-electron chi connectivity index (χ1n) is 3.84. The van der Waals surface area contributed by atoms with Gasteiger partial charge < -0.3 is 15.5 Å². The Kier molecular flexibility index (Phi) is 2.21. The lowest BCUT2D eigenvalue weighted by Gasteiger charge is -2.05. The molecule has 5 nitrogen and oxygen atoms in total. The van der Waals surface area contributed by atoms with Gasteiger partial charge in [-0.2, -0.15) is 9.46 Å². The van der Waals surface area contributed by atoms with Gasteiger partial charge in [-0.3, -0.25) is 0 Å². The van der Waals surface area contributed by atoms with E-state index in [1.165, 1.54) is 6.07 Å². The maximum Gasteiger partial charge on any atom is 0.335 e. The number of hydrogen-bond acceptors (Lipinski definition) is 3. The van der Waals surface area contributed by atoms with Crippen LogP contribution in [0, 0.1) is 10.4 Å². The summed E-state index contributed by atoms with van der Waals surface area (Å²) in [4.78, 5) is 0. The van der Waals surface area contributed by atoms with Crippen molar-refractivity contribution in [2.75, 3.05) is 0 Å². The van der Waals surface area contributed by atoms with E-state index in [2.05, 4.69) is 0 Å². The molecular formula is C8H4Cl2N2O3. The molecule has 7 heteroatoms. The van der Waals surface area contributed by atoms with E-state index in [4.69, 9.17) is 23.2 Å². The van der Waals surface area contributed by atoms with Crippen LogP contribution in [-0.4, -0.2) is 5.11 Å². The highest BCUT2D eigenvalue weighted by atomic mass is 35.5. The van der Waals surface area contributed by atoms with Crippen molar-refractivity contribution in [3.63, 3.8) is 0 Å². The van der Waals surface area contributed by atoms with Crippen LogP contribution in [0.25, 0.3) is 11.0 Å². The van der Waals surface area contributed by atoms with Gasteiger partial charge in [0.1, 0.15) is 5.02 Å². The van der Waals surface area contributed by atoms with Gasteiger partial charge in [0.2, 0.25) is 18.1 Å². The average Bonchev–Trinajstić information content (AvgIpc) is 2.18. The first-order valence-corrected chi connectivity index (χ1v) is 4.60. The maximum absolute atomic E-state index is 11.3. The predicted octanol–water partition coefficient (Wildman–Crippen LogP) is 1.12. The Morgan fingerprint density at radius 2 is 1.53 bits per heavy atom. The third kappa shape index (κ3) is 1.40. The van der Waals surface area contributed by atoms with Crippen LogP contribution in [0.4, 0.5) is 0 Å². The molecule has 0 aliphatic carbocycles. The minimum atomic E-state index is -0.462. The molecule has 15 heavy (non-hydrogen) atoms. The van der Waals surface area contributed by atoms with Crippen molar-refractivity contribution in [1.82, 2.24) is 0 Å². The van der Waals surface area contributed by atoms with Gasteiger partial charge in [0, 0.05) is 0 Å². The summed E-state index contributed by atoms with van der Waals surface area (Å²) in [5.41, 5.74) is -0.360. The molecule has 0 bridgehead atoms. The molecule has 78 valence electrons. The summed E-state index contributed by atoms with van der Waals surface area (Å²) in [6, 6.07) is 1.20. The fourth-order valence-corrected chi connectivity index (χ4v) is 1.81. The first kappa shape index (κ1) is 10.1. The average molecular weight is 247 g/mol. The second-order valence-corrected chi connectivity index (χ2v) is 3.65. The van der Waals surface area contributed by atoms with E-state index in [0.717, 1.165) is 12.4 Å². The molecule has 0 saturated carbocycles. The van der Waals surface area contributed by atoms with Gasteiger partial charge in [-0.1, -0.05) is 23.2 Å². The molecular weight excluding hydrogens is 243 g/mol. The van der Waals surface area contributed by atoms with E-state index in [9.17, 15) is 15.5 Å². The van der Waals surface area contributed by atoms with Crippen LogP contribution in [0.1, 0.15) is 0 Å². The standard InChI is InChI=1S/C8H4Cl2N2O3/c9-4-3-5(10)8(13)7-6(4)11(14)1-2-12(7)15/h1-3,13H. The number of fused-ring (bicyclic) bond motifs is 1. The van der Waals surface area contributed by atoms with E-state index in [1.807, 2.05) is 0 Å². The van der Waals surface area contributed by atoms with E-state index in [1.54, 1.807) is 0 Å². The molecule has 1 heterocycles. The SMILES string of the molecule is [O-][n+]1cc[n+]([O-])c2c(O)c(Cl)cc(Cl)c21. The lowest BCUT2D eigenvalue weighted by atomic mass is 10.2. The van der Waals surface area contributed by atoms with Crippen molar-refractivity contribution in [3.05, 3.63) is 38.9 Å². The monoisotopic (exact) mass is 246 g/mol. The molecule has 0 spiro atoms. The molecule has 0 fully saturated rings. The number of nitrogens with zero attached hydrogens (tertiary/aromatic N) is 2. The lowest BCUT2D eigenvalue weighted by molar-refractivity contribution is -0.628. The van der Waals surface area contributed by atoms with Gasteiger partial charge in [-0.25, -0.2) is 0 Å². The second-order valence-electron chi connectivity index (χ2n) is 2.84. The van der Waals surface area contributed by atoms with Crippen molar-refractivity contribution in [1.29, 1.82) is 0 Å². The van der Waals surface area contributed by atoms with Crippen LogP contribution in [0.5, 0.6) is 5.75 Å². The van der Waals surface area contributed by atoms with E-state index in [0.29, 0.717) is 9.46 Å². The van der Waals surface area contributed by atoms with Crippen molar-refractivity contribution in [2.24, 2.45) is 0 Å². The van der Waals surface area contributed by atoms with Gasteiger partial charge in [0.05, 0.1) is 5.02 Å². The quantitative estimate of drug-likeness (QED) is 0.559. The molecule has 0 unspecified atom stereocenters. The second kappa shape index (κ2) is 3.29. The fourth-order valence-electron chi connectivity index (χ4n) is 1.27. The number of phenolic OH excluding ortho intramolecular Hbond substituents is 1. The smallest absolute Gasteiger partial charge is 0.335 e. The number of aromatic hydroxyl groups is 1. The highest BCUT2D eigenvalue weighted by Crippen LogP contribution is 2.33. The van der Waals surface area contributed by atoms with Crippen LogP contribution in [0.2, 0.25) is 10.0 Å². The largest absolute Gasteiger partial charge is 0.618 e. The van der Waals surface area contributed by atoms with Gasteiger partial charge in [-0.15, -0.1) is 0 Å². The minimum Gasteiger partial charge on any atom is -0.618 e. The number of hydrogen-bond donors (Lipinski definition) is 1. The van der Waals surface area contributed by atoms with Crippen molar-refractivity contribution >= 4 is 34.2 Å². The molecule has 2 aromatic rings. The molecule has 1 aromatic carbocycles. The highest BCUT2D eigenvalue weighted by Gasteiger charge is 2.23. The zero-order chi connectivity index (χ0) is 11.2. The van der Waals surface area contributed by atoms with Crippen molar-refractivity contribution < 1.29 is 14.6 Å². The van der Waals surface area contributed by atoms with Gasteiger partial charge >= 0.3 is 11.0 Å². The van der Waals surface area contributed by atoms with E-state index >= 15 is 0 Å². The van der Waals surface area contributed by atoms with Crippen LogP contribution < -0.4 is 9.46 Å². The van der Waals surface area contributed by atoms with Gasteiger partial charge in [0.25, 0.3) is 0 Å². The third-order valence-electron chi connectivity index (χ3n) is 1.93. The Balaban J connectivity index is 3.08. The van der Waals surface area contributed by atoms with Crippen LogP contribution in [0.3, 0.4) is 0 Å². The Hall–Kier alpha value is -1.46. The third-order valence-corrected chi connectivity index (χ3v) is 2.51. The van der Waals surface area contributed by atoms with E-state index < -0.39 is 5.75 Å². The number of phenols is 1. The molecule has 0 amide bonds. The Labute approximate surface area is 93.9 Å². The summed E-state index contributed by atoms with van der Waals surface area (Å²) in [6.45, 7) is 0. The van der Waals surface area contributed by atoms with Crippen LogP contribution in [0.15, 0.2) is 18.5 Å². The zero-order valence-electron chi connectivity index (χ0n) is 7.15. The lowest BCUT2D eigenvalue weighted by Crippen LogP contribution is -2.37. The van der Waals surface area contributed by atoms with Crippen LogP contribution in [-0.2, 0) is 0 Å². The Morgan fingerprint density at radius 1 is 1.00 bits per heavy atom. The first-order chi connectivity index (χ1) is 7.02. The van der Waals surface area contributed by atoms with E-state index in [-0.39, 0.29) is 21.1 Å². The van der Waals surface area contributed by atoms with Crippen molar-refractivity contribution in [3.8, 4) is 5.75 Å². The topological polar surface area (TPSA) is 74.1 Å². The summed E-state index contributed by atoms with van der Waals surface area (Å²) >= 11 is 11.4. The molecule has 0 saturated heterocycles. The molecule has 0 radical (unpaired) electrons. The minimum absolute atomic E-state index is 0.00741. The fraction of sp³-hybridized carbons (Fsp3) is 0. The summed E-state index contributed by atoms with van der Waals surface area (Å²) in [7, 11) is 0. The van der Waals surface area contributed by atoms with Crippen molar-refractivity contribution in [2.45, 2.75) is 0 Å². The summed E-state index contributed by atoms with van der Waals surface area (Å²) in [6.07, 6.45) is 1.95. The highest BCUT2D eigenvalue weighted by molar-refractivity contribution is 6.38. The van der Waals surface area contributed by atoms with Gasteiger partial charge in [-0.05, 0) is 6.07 Å². The molecule has 2 rings (SSSR count). The normalized spacial score (nSPS) is 10.8. The summed E-state index contributed by atoms with van der Waals surface area (Å²) in [5, 5.41) is 32.1.